The minimum absolute atomic E-state index is 0.0508. The number of amides is 1. The van der Waals surface area contributed by atoms with E-state index in [1.807, 2.05) is 0 Å². The number of carbonyl (C=O) groups excluding carboxylic acids is 1. The van der Waals surface area contributed by atoms with Crippen LogP contribution in [0.2, 0.25) is 0 Å². The van der Waals surface area contributed by atoms with Gasteiger partial charge >= 0.3 is 0 Å². The maximum absolute atomic E-state index is 12.3. The summed E-state index contributed by atoms with van der Waals surface area (Å²) in [4.78, 5) is 23.0. The van der Waals surface area contributed by atoms with Crippen LogP contribution in [0.5, 0.6) is 0 Å². The molecule has 0 saturated carbocycles. The number of nitrogens with one attached hydrogen (secondary N) is 1. The summed E-state index contributed by atoms with van der Waals surface area (Å²) in [6, 6.07) is 0. The van der Waals surface area contributed by atoms with Gasteiger partial charge in [0.05, 0.1) is 18.5 Å². The van der Waals surface area contributed by atoms with E-state index in [1.54, 1.807) is 26.6 Å². The van der Waals surface area contributed by atoms with Crippen LogP contribution >= 0.6 is 0 Å². The summed E-state index contributed by atoms with van der Waals surface area (Å²) < 4.78 is 25.1. The van der Waals surface area contributed by atoms with Gasteiger partial charge in [-0.25, -0.2) is 17.7 Å². The van der Waals surface area contributed by atoms with E-state index in [1.165, 1.54) is 15.5 Å². The van der Waals surface area contributed by atoms with Crippen LogP contribution in [0.25, 0.3) is 0 Å². The molecule has 0 unspecified atom stereocenters. The van der Waals surface area contributed by atoms with Crippen molar-refractivity contribution in [1.82, 2.24) is 24.1 Å². The lowest BCUT2D eigenvalue weighted by Crippen LogP contribution is -2.41. The lowest BCUT2D eigenvalue weighted by Gasteiger charge is -2.25. The second kappa shape index (κ2) is 6.76. The third kappa shape index (κ3) is 4.28. The summed E-state index contributed by atoms with van der Waals surface area (Å²) in [5.41, 5.74) is 0.948. The fourth-order valence-corrected chi connectivity index (χ4v) is 3.49. The lowest BCUT2D eigenvalue weighted by atomic mass is 10.1. The number of H-pyrrole nitrogens is 1. The van der Waals surface area contributed by atoms with Crippen LogP contribution in [-0.4, -0.2) is 84.9 Å². The monoisotopic (exact) mass is 329 g/mol. The van der Waals surface area contributed by atoms with Crippen LogP contribution in [0.1, 0.15) is 5.69 Å². The van der Waals surface area contributed by atoms with Crippen molar-refractivity contribution in [3.8, 4) is 0 Å². The van der Waals surface area contributed by atoms with Gasteiger partial charge in [0.25, 0.3) is 0 Å². The van der Waals surface area contributed by atoms with Crippen molar-refractivity contribution in [1.29, 1.82) is 0 Å². The van der Waals surface area contributed by atoms with Crippen LogP contribution < -0.4 is 0 Å². The maximum Gasteiger partial charge on any atom is 0.227 e. The van der Waals surface area contributed by atoms with E-state index in [0.717, 1.165) is 5.69 Å². The predicted molar refractivity (Wildman–Crippen MR) is 82.5 cm³/mol. The molecule has 0 radical (unpaired) electrons. The molecule has 1 fully saturated rings. The Kier molecular flexibility index (Phi) is 5.20. The van der Waals surface area contributed by atoms with Gasteiger partial charge < -0.3 is 9.88 Å². The highest BCUT2D eigenvalue weighted by Gasteiger charge is 2.32. The number of hydrogen-bond donors (Lipinski definition) is 1. The van der Waals surface area contributed by atoms with E-state index in [9.17, 15) is 13.2 Å². The molecular weight excluding hydrogens is 306 g/mol. The Balaban J connectivity index is 2.16. The first-order valence-corrected chi connectivity index (χ1v) is 8.98. The van der Waals surface area contributed by atoms with Crippen molar-refractivity contribution in [2.75, 3.05) is 46.5 Å². The van der Waals surface area contributed by atoms with Crippen molar-refractivity contribution in [2.45, 2.75) is 6.54 Å². The number of nitrogens with zero attached hydrogens (tertiary/aromatic N) is 4. The lowest BCUT2D eigenvalue weighted by molar-refractivity contribution is -0.133. The molecule has 2 rings (SSSR count). The van der Waals surface area contributed by atoms with Gasteiger partial charge in [-0.15, -0.1) is 0 Å². The van der Waals surface area contributed by atoms with E-state index < -0.39 is 10.0 Å². The average molecular weight is 329 g/mol. The molecule has 0 spiro atoms. The number of hydrogen-bond acceptors (Lipinski definition) is 5. The quantitative estimate of drug-likeness (QED) is 0.780. The number of carbonyl (C=O) groups is 1. The zero-order chi connectivity index (χ0) is 16.3. The largest absolute Gasteiger partial charge is 0.348 e. The van der Waals surface area contributed by atoms with Crippen molar-refractivity contribution in [2.24, 2.45) is 5.92 Å². The van der Waals surface area contributed by atoms with Gasteiger partial charge in [-0.3, -0.25) is 9.69 Å². The van der Waals surface area contributed by atoms with Crippen LogP contribution in [0.4, 0.5) is 0 Å². The molecule has 124 valence electrons. The first kappa shape index (κ1) is 16.9. The Morgan fingerprint density at radius 1 is 1.41 bits per heavy atom. The molecule has 0 aromatic carbocycles. The predicted octanol–water partition coefficient (Wildman–Crippen LogP) is -0.809. The molecule has 1 aliphatic heterocycles. The fraction of sp³-hybridized carbons (Fsp3) is 0.692. The average Bonchev–Trinajstić information content (AvgIpc) is 2.82. The zero-order valence-electron chi connectivity index (χ0n) is 13.2. The maximum atomic E-state index is 12.3. The third-order valence-electron chi connectivity index (χ3n) is 3.78. The van der Waals surface area contributed by atoms with E-state index in [4.69, 9.17) is 0 Å². The zero-order valence-corrected chi connectivity index (χ0v) is 14.0. The second-order valence-corrected chi connectivity index (χ2v) is 7.84. The van der Waals surface area contributed by atoms with Gasteiger partial charge in [0, 0.05) is 58.7 Å². The molecule has 9 heteroatoms. The van der Waals surface area contributed by atoms with Crippen molar-refractivity contribution < 1.29 is 13.2 Å². The Morgan fingerprint density at radius 2 is 2.14 bits per heavy atom. The van der Waals surface area contributed by atoms with Crippen LogP contribution in [0, 0.1) is 5.92 Å². The molecule has 0 bridgehead atoms. The van der Waals surface area contributed by atoms with E-state index >= 15 is 0 Å². The highest BCUT2D eigenvalue weighted by Crippen LogP contribution is 2.16. The van der Waals surface area contributed by atoms with Gasteiger partial charge in [0.1, 0.15) is 0 Å². The molecule has 1 N–H and O–H groups in total. The molecule has 1 aromatic rings. The number of sulfonamides is 1. The van der Waals surface area contributed by atoms with Crippen LogP contribution in [0.3, 0.4) is 0 Å². The van der Waals surface area contributed by atoms with Crippen molar-refractivity contribution >= 4 is 15.9 Å². The molecule has 1 atom stereocenters. The SMILES string of the molecule is CN(C)C(=O)[C@@H]1CN(Cc2cnc[nH]2)CCN(S(C)(=O)=O)C1. The van der Waals surface area contributed by atoms with E-state index in [0.29, 0.717) is 26.2 Å². The minimum atomic E-state index is -3.31. The molecule has 1 aliphatic rings. The number of aromatic nitrogens is 2. The molecule has 2 heterocycles. The standard InChI is InChI=1S/C13H23N5O3S/c1-16(2)13(19)11-7-17(9-12-6-14-10-15-12)4-5-18(8-11)22(3,20)21/h6,10-11H,4-5,7-9H2,1-3H3,(H,14,15)/t11-/m1/s1. The molecule has 1 aromatic heterocycles. The fourth-order valence-electron chi connectivity index (χ4n) is 2.63. The summed E-state index contributed by atoms with van der Waals surface area (Å²) in [6.45, 7) is 2.36. The van der Waals surface area contributed by atoms with Crippen LogP contribution in [0.15, 0.2) is 12.5 Å². The molecule has 1 saturated heterocycles. The van der Waals surface area contributed by atoms with Crippen LogP contribution in [-0.2, 0) is 21.4 Å². The van der Waals surface area contributed by atoms with Gasteiger partial charge in [-0.05, 0) is 0 Å². The van der Waals surface area contributed by atoms with Crippen molar-refractivity contribution in [3.05, 3.63) is 18.2 Å². The number of imidazole rings is 1. The highest BCUT2D eigenvalue weighted by molar-refractivity contribution is 7.88. The Hall–Kier alpha value is -1.45. The summed E-state index contributed by atoms with van der Waals surface area (Å²) in [6.07, 6.45) is 4.54. The van der Waals surface area contributed by atoms with Gasteiger partial charge in [0.2, 0.25) is 15.9 Å². The molecular formula is C13H23N5O3S. The second-order valence-electron chi connectivity index (χ2n) is 5.86. The normalized spacial score (nSPS) is 21.5. The molecule has 0 aliphatic carbocycles. The molecule has 1 amide bonds. The topological polar surface area (TPSA) is 89.6 Å². The van der Waals surface area contributed by atoms with Gasteiger partial charge in [0.15, 0.2) is 0 Å². The Labute approximate surface area is 131 Å². The highest BCUT2D eigenvalue weighted by atomic mass is 32.2. The molecule has 22 heavy (non-hydrogen) atoms. The summed E-state index contributed by atoms with van der Waals surface area (Å²) in [7, 11) is 0.0724. The van der Waals surface area contributed by atoms with Crippen molar-refractivity contribution in [3.63, 3.8) is 0 Å². The summed E-state index contributed by atoms with van der Waals surface area (Å²) in [5.74, 6) is -0.416. The number of rotatable bonds is 4. The van der Waals surface area contributed by atoms with Gasteiger partial charge in [-0.2, -0.15) is 0 Å². The van der Waals surface area contributed by atoms with Gasteiger partial charge in [-0.1, -0.05) is 0 Å². The van der Waals surface area contributed by atoms with E-state index in [2.05, 4.69) is 14.9 Å². The first-order valence-electron chi connectivity index (χ1n) is 7.13. The Morgan fingerprint density at radius 3 is 2.68 bits per heavy atom. The summed E-state index contributed by atoms with van der Waals surface area (Å²) >= 11 is 0. The minimum Gasteiger partial charge on any atom is -0.348 e. The Bertz CT molecular complexity index is 599. The summed E-state index contributed by atoms with van der Waals surface area (Å²) in [5, 5.41) is 0. The molecule has 8 nitrogen and oxygen atoms in total. The smallest absolute Gasteiger partial charge is 0.227 e. The number of aromatic amines is 1. The van der Waals surface area contributed by atoms with E-state index in [-0.39, 0.29) is 18.4 Å². The third-order valence-corrected chi connectivity index (χ3v) is 5.05. The first-order chi connectivity index (χ1) is 10.3.